The zero-order valence-corrected chi connectivity index (χ0v) is 19.2. The topological polar surface area (TPSA) is 116 Å². The Labute approximate surface area is 185 Å². The van der Waals surface area contributed by atoms with Gasteiger partial charge in [0.15, 0.2) is 11.2 Å². The summed E-state index contributed by atoms with van der Waals surface area (Å²) in [4.78, 5) is 30.5. The van der Waals surface area contributed by atoms with Gasteiger partial charge < -0.3 is 9.67 Å². The Morgan fingerprint density at radius 1 is 1.13 bits per heavy atom. The van der Waals surface area contributed by atoms with Gasteiger partial charge in [0.1, 0.15) is 0 Å². The predicted octanol–water partition coefficient (Wildman–Crippen LogP) is 1.79. The molecule has 11 heteroatoms. The molecule has 0 atom stereocenters. The highest BCUT2D eigenvalue weighted by Gasteiger charge is 2.28. The van der Waals surface area contributed by atoms with Gasteiger partial charge in [-0.15, -0.1) is 0 Å². The molecule has 1 aliphatic rings. The van der Waals surface area contributed by atoms with Crippen LogP contribution in [0.15, 0.2) is 37.5 Å². The van der Waals surface area contributed by atoms with Gasteiger partial charge in [0, 0.05) is 31.3 Å². The zero-order chi connectivity index (χ0) is 22.8. The van der Waals surface area contributed by atoms with Gasteiger partial charge in [0.2, 0.25) is 15.0 Å². The van der Waals surface area contributed by atoms with E-state index in [0.717, 1.165) is 10.1 Å². The summed E-state index contributed by atoms with van der Waals surface area (Å²) < 4.78 is 29.8. The number of allylic oxidation sites excluding steroid dienone is 4. The molecule has 2 aromatic heterocycles. The third-order valence-corrected chi connectivity index (χ3v) is 7.36. The summed E-state index contributed by atoms with van der Waals surface area (Å²) in [7, 11) is -3.77. The number of imidazole rings is 1. The van der Waals surface area contributed by atoms with Gasteiger partial charge in [-0.1, -0.05) is 30.2 Å². The largest absolute Gasteiger partial charge is 0.396 e. The third-order valence-electron chi connectivity index (χ3n) is 5.23. The fraction of sp³-hybridized carbons (Fsp3) is 0.550. The Balaban J connectivity index is 2.36. The van der Waals surface area contributed by atoms with E-state index in [1.165, 1.54) is 9.13 Å². The minimum atomic E-state index is -3.77. The molecule has 0 aromatic carbocycles. The van der Waals surface area contributed by atoms with Crippen molar-refractivity contribution in [3.8, 4) is 0 Å². The van der Waals surface area contributed by atoms with Crippen molar-refractivity contribution in [2.24, 2.45) is 0 Å². The molecule has 0 amide bonds. The van der Waals surface area contributed by atoms with Crippen LogP contribution in [-0.4, -0.2) is 44.6 Å². The lowest BCUT2D eigenvalue weighted by Crippen LogP contribution is -2.40. The van der Waals surface area contributed by atoms with Crippen LogP contribution >= 0.6 is 11.6 Å². The molecule has 1 N–H and O–H groups in total. The number of hydrogen-bond acceptors (Lipinski definition) is 6. The number of halogens is 1. The van der Waals surface area contributed by atoms with E-state index in [1.54, 1.807) is 19.9 Å². The SMILES string of the molecule is CCCS(=O)(=O)c1nc2c(c(=O)n(CCCO)c(=O)n2CC)n1CC1=CC=C(Cl)CC1. The first kappa shape index (κ1) is 23.5. The van der Waals surface area contributed by atoms with Gasteiger partial charge >= 0.3 is 5.69 Å². The van der Waals surface area contributed by atoms with E-state index in [9.17, 15) is 18.0 Å². The average molecular weight is 471 g/mol. The lowest BCUT2D eigenvalue weighted by atomic mass is 10.1. The summed E-state index contributed by atoms with van der Waals surface area (Å²) in [5.41, 5.74) is -0.113. The molecule has 9 nitrogen and oxygen atoms in total. The zero-order valence-electron chi connectivity index (χ0n) is 17.7. The van der Waals surface area contributed by atoms with Crippen molar-refractivity contribution < 1.29 is 13.5 Å². The highest BCUT2D eigenvalue weighted by Crippen LogP contribution is 2.25. The van der Waals surface area contributed by atoms with E-state index in [2.05, 4.69) is 4.98 Å². The molecule has 170 valence electrons. The number of aromatic nitrogens is 4. The molecule has 0 saturated carbocycles. The van der Waals surface area contributed by atoms with Gasteiger partial charge in [0.05, 0.1) is 5.75 Å². The van der Waals surface area contributed by atoms with E-state index >= 15 is 0 Å². The highest BCUT2D eigenvalue weighted by molar-refractivity contribution is 7.91. The van der Waals surface area contributed by atoms with Crippen LogP contribution in [-0.2, 0) is 29.5 Å². The van der Waals surface area contributed by atoms with Crippen LogP contribution in [0.1, 0.15) is 39.5 Å². The number of nitrogens with zero attached hydrogens (tertiary/aromatic N) is 4. The molecule has 2 aromatic rings. The second kappa shape index (κ2) is 9.54. The van der Waals surface area contributed by atoms with Crippen LogP contribution in [0.25, 0.3) is 11.2 Å². The molecule has 31 heavy (non-hydrogen) atoms. The van der Waals surface area contributed by atoms with Gasteiger partial charge in [-0.3, -0.25) is 13.9 Å². The van der Waals surface area contributed by atoms with Crippen LogP contribution < -0.4 is 11.2 Å². The van der Waals surface area contributed by atoms with Gasteiger partial charge in [-0.05, 0) is 38.7 Å². The Bertz CT molecular complexity index is 1270. The second-order valence-electron chi connectivity index (χ2n) is 7.47. The number of aryl methyl sites for hydroxylation is 1. The van der Waals surface area contributed by atoms with Crippen molar-refractivity contribution in [2.75, 3.05) is 12.4 Å². The fourth-order valence-electron chi connectivity index (χ4n) is 3.72. The molecule has 0 saturated heterocycles. The van der Waals surface area contributed by atoms with E-state index in [-0.39, 0.29) is 54.7 Å². The van der Waals surface area contributed by atoms with Gasteiger partial charge in [0.25, 0.3) is 5.56 Å². The molecule has 3 rings (SSSR count). The van der Waals surface area contributed by atoms with Crippen LogP contribution in [0.4, 0.5) is 0 Å². The molecule has 0 unspecified atom stereocenters. The summed E-state index contributed by atoms with van der Waals surface area (Å²) in [5, 5.41) is 9.67. The Kier molecular flexibility index (Phi) is 7.23. The molecular weight excluding hydrogens is 444 g/mol. The predicted molar refractivity (Wildman–Crippen MR) is 119 cm³/mol. The maximum atomic E-state index is 13.3. The average Bonchev–Trinajstić information content (AvgIpc) is 3.10. The number of sulfone groups is 1. The molecule has 0 fully saturated rings. The third kappa shape index (κ3) is 4.56. The Hall–Kier alpha value is -2.17. The van der Waals surface area contributed by atoms with Gasteiger partial charge in [-0.25, -0.2) is 13.2 Å². The quantitative estimate of drug-likeness (QED) is 0.597. The van der Waals surface area contributed by atoms with Crippen molar-refractivity contribution in [3.63, 3.8) is 0 Å². The molecule has 0 bridgehead atoms. The maximum absolute atomic E-state index is 13.3. The van der Waals surface area contributed by atoms with Crippen LogP contribution in [0.3, 0.4) is 0 Å². The summed E-state index contributed by atoms with van der Waals surface area (Å²) in [5.74, 6) is -0.115. The number of fused-ring (bicyclic) bond motifs is 1. The Morgan fingerprint density at radius 3 is 2.45 bits per heavy atom. The lowest BCUT2D eigenvalue weighted by Gasteiger charge is -2.15. The van der Waals surface area contributed by atoms with Gasteiger partial charge in [-0.2, -0.15) is 4.98 Å². The smallest absolute Gasteiger partial charge is 0.332 e. The van der Waals surface area contributed by atoms with Crippen molar-refractivity contribution in [1.29, 1.82) is 0 Å². The molecule has 0 spiro atoms. The fourth-order valence-corrected chi connectivity index (χ4v) is 5.31. The van der Waals surface area contributed by atoms with Crippen molar-refractivity contribution in [3.05, 3.63) is 43.6 Å². The van der Waals surface area contributed by atoms with Crippen molar-refractivity contribution >= 4 is 32.6 Å². The summed E-state index contributed by atoms with van der Waals surface area (Å²) in [6.07, 6.45) is 5.49. The van der Waals surface area contributed by atoms with Crippen molar-refractivity contribution in [1.82, 2.24) is 18.7 Å². The van der Waals surface area contributed by atoms with Crippen LogP contribution in [0.2, 0.25) is 0 Å². The Morgan fingerprint density at radius 2 is 1.87 bits per heavy atom. The molecular formula is C20H27ClN4O5S. The molecule has 0 radical (unpaired) electrons. The maximum Gasteiger partial charge on any atom is 0.332 e. The van der Waals surface area contributed by atoms with E-state index in [1.807, 2.05) is 6.08 Å². The molecule has 1 aliphatic carbocycles. The highest BCUT2D eigenvalue weighted by atomic mass is 35.5. The monoisotopic (exact) mass is 470 g/mol. The number of aliphatic hydroxyl groups excluding tert-OH is 1. The summed E-state index contributed by atoms with van der Waals surface area (Å²) in [6, 6.07) is 0. The standard InChI is InChI=1S/C20H27ClN4O5S/c1-3-12-31(29,30)19-22-17-16(25(19)13-14-6-8-15(21)9-7-14)18(27)24(10-5-11-26)20(28)23(17)4-2/h6,8,26H,3-5,7,9-13H2,1-2H3. The minimum Gasteiger partial charge on any atom is -0.396 e. The first-order valence-corrected chi connectivity index (χ1v) is 12.4. The summed E-state index contributed by atoms with van der Waals surface area (Å²) in [6.45, 7) is 3.73. The second-order valence-corrected chi connectivity index (χ2v) is 9.96. The molecule has 0 aliphatic heterocycles. The van der Waals surface area contributed by atoms with Crippen LogP contribution in [0.5, 0.6) is 0 Å². The number of rotatable bonds is 9. The lowest BCUT2D eigenvalue weighted by molar-refractivity contribution is 0.277. The first-order valence-electron chi connectivity index (χ1n) is 10.4. The van der Waals surface area contributed by atoms with Crippen molar-refractivity contribution in [2.45, 2.75) is 64.3 Å². The minimum absolute atomic E-state index is 0.0351. The number of hydrogen-bond donors (Lipinski definition) is 1. The summed E-state index contributed by atoms with van der Waals surface area (Å²) >= 11 is 6.05. The van der Waals surface area contributed by atoms with Crippen LogP contribution in [0, 0.1) is 0 Å². The first-order chi connectivity index (χ1) is 14.7. The number of aliphatic hydroxyl groups is 1. The molecule has 2 heterocycles. The van der Waals surface area contributed by atoms with E-state index < -0.39 is 21.1 Å². The van der Waals surface area contributed by atoms with E-state index in [0.29, 0.717) is 24.3 Å². The van der Waals surface area contributed by atoms with E-state index in [4.69, 9.17) is 16.7 Å². The normalized spacial score (nSPS) is 14.7.